The second-order valence-corrected chi connectivity index (χ2v) is 4.94. The summed E-state index contributed by atoms with van der Waals surface area (Å²) < 4.78 is 37.3. The Morgan fingerprint density at radius 2 is 1.70 bits per heavy atom. The first-order valence-electron chi connectivity index (χ1n) is 6.02. The van der Waals surface area contributed by atoms with E-state index < -0.39 is 11.7 Å². The van der Waals surface area contributed by atoms with E-state index in [1.807, 2.05) is 19.1 Å². The molecule has 1 N–H and O–H groups in total. The van der Waals surface area contributed by atoms with Crippen molar-refractivity contribution in [1.82, 2.24) is 0 Å². The minimum absolute atomic E-state index is 0.459. The molecular formula is C15H13ClF3N. The zero-order valence-electron chi connectivity index (χ0n) is 10.8. The van der Waals surface area contributed by atoms with E-state index in [4.69, 9.17) is 11.6 Å². The summed E-state index contributed by atoms with van der Waals surface area (Å²) >= 11 is 5.86. The molecule has 0 unspecified atom stereocenters. The second kappa shape index (κ2) is 5.75. The fourth-order valence-electron chi connectivity index (χ4n) is 1.83. The van der Waals surface area contributed by atoms with E-state index in [2.05, 4.69) is 5.32 Å². The summed E-state index contributed by atoms with van der Waals surface area (Å²) in [7, 11) is 0. The topological polar surface area (TPSA) is 12.0 Å². The summed E-state index contributed by atoms with van der Waals surface area (Å²) in [5.74, 6) is 0. The Bertz CT molecular complexity index is 591. The van der Waals surface area contributed by atoms with Crippen molar-refractivity contribution in [1.29, 1.82) is 0 Å². The van der Waals surface area contributed by atoms with E-state index in [-0.39, 0.29) is 0 Å². The first-order valence-corrected chi connectivity index (χ1v) is 6.40. The zero-order valence-corrected chi connectivity index (χ0v) is 11.5. The summed E-state index contributed by atoms with van der Waals surface area (Å²) in [6.45, 7) is 2.38. The largest absolute Gasteiger partial charge is 0.416 e. The molecule has 20 heavy (non-hydrogen) atoms. The van der Waals surface area contributed by atoms with Gasteiger partial charge in [0.25, 0.3) is 0 Å². The molecular weight excluding hydrogens is 287 g/mol. The third-order valence-electron chi connectivity index (χ3n) is 2.95. The SMILES string of the molecule is Cc1cc(Cl)ccc1NCc1ccc(C(F)(F)F)cc1. The molecule has 0 saturated heterocycles. The number of hydrogen-bond donors (Lipinski definition) is 1. The lowest BCUT2D eigenvalue weighted by Gasteiger charge is -2.11. The molecule has 0 aliphatic heterocycles. The van der Waals surface area contributed by atoms with Crippen LogP contribution in [0.25, 0.3) is 0 Å². The van der Waals surface area contributed by atoms with Gasteiger partial charge in [-0.15, -0.1) is 0 Å². The van der Waals surface area contributed by atoms with Crippen LogP contribution in [0.2, 0.25) is 5.02 Å². The molecule has 2 aromatic carbocycles. The van der Waals surface area contributed by atoms with Crippen LogP contribution in [0.15, 0.2) is 42.5 Å². The predicted molar refractivity (Wildman–Crippen MR) is 75.0 cm³/mol. The van der Waals surface area contributed by atoms with Crippen LogP contribution < -0.4 is 5.32 Å². The van der Waals surface area contributed by atoms with Crippen molar-refractivity contribution >= 4 is 17.3 Å². The average molecular weight is 300 g/mol. The Morgan fingerprint density at radius 1 is 1.05 bits per heavy atom. The normalized spacial score (nSPS) is 11.4. The van der Waals surface area contributed by atoms with Crippen LogP contribution in [-0.2, 0) is 12.7 Å². The number of aryl methyl sites for hydroxylation is 1. The van der Waals surface area contributed by atoms with Crippen LogP contribution in [0.1, 0.15) is 16.7 Å². The second-order valence-electron chi connectivity index (χ2n) is 4.51. The minimum Gasteiger partial charge on any atom is -0.381 e. The third kappa shape index (κ3) is 3.67. The quantitative estimate of drug-likeness (QED) is 0.813. The van der Waals surface area contributed by atoms with Crippen molar-refractivity contribution in [2.75, 3.05) is 5.32 Å². The van der Waals surface area contributed by atoms with Gasteiger partial charge in [-0.3, -0.25) is 0 Å². The van der Waals surface area contributed by atoms with Crippen molar-refractivity contribution in [3.8, 4) is 0 Å². The van der Waals surface area contributed by atoms with E-state index in [1.165, 1.54) is 12.1 Å². The van der Waals surface area contributed by atoms with Crippen molar-refractivity contribution in [3.05, 3.63) is 64.2 Å². The Balaban J connectivity index is 2.04. The summed E-state index contributed by atoms with van der Waals surface area (Å²) in [6, 6.07) is 10.6. The lowest BCUT2D eigenvalue weighted by molar-refractivity contribution is -0.137. The van der Waals surface area contributed by atoms with E-state index >= 15 is 0 Å². The van der Waals surface area contributed by atoms with Gasteiger partial charge in [0.05, 0.1) is 5.56 Å². The molecule has 2 aromatic rings. The lowest BCUT2D eigenvalue weighted by Crippen LogP contribution is -2.06. The molecule has 1 nitrogen and oxygen atoms in total. The van der Waals surface area contributed by atoms with Gasteiger partial charge >= 0.3 is 6.18 Å². The maximum absolute atomic E-state index is 12.4. The van der Waals surface area contributed by atoms with Crippen molar-refractivity contribution in [2.24, 2.45) is 0 Å². The van der Waals surface area contributed by atoms with Gasteiger partial charge in [-0.2, -0.15) is 13.2 Å². The van der Waals surface area contributed by atoms with E-state index in [9.17, 15) is 13.2 Å². The molecule has 5 heteroatoms. The van der Waals surface area contributed by atoms with Gasteiger partial charge in [0.15, 0.2) is 0 Å². The summed E-state index contributed by atoms with van der Waals surface area (Å²) in [6.07, 6.45) is -4.29. The van der Waals surface area contributed by atoms with Gasteiger partial charge in [-0.05, 0) is 48.4 Å². The molecule has 0 saturated carbocycles. The third-order valence-corrected chi connectivity index (χ3v) is 3.19. The fourth-order valence-corrected chi connectivity index (χ4v) is 2.06. The first-order chi connectivity index (χ1) is 9.36. The number of benzene rings is 2. The maximum Gasteiger partial charge on any atom is 0.416 e. The number of rotatable bonds is 3. The Hall–Kier alpha value is -1.68. The van der Waals surface area contributed by atoms with E-state index in [0.29, 0.717) is 11.6 Å². The van der Waals surface area contributed by atoms with Crippen LogP contribution in [0.4, 0.5) is 18.9 Å². The number of alkyl halides is 3. The van der Waals surface area contributed by atoms with Gasteiger partial charge in [0, 0.05) is 17.3 Å². The summed E-state index contributed by atoms with van der Waals surface area (Å²) in [4.78, 5) is 0. The van der Waals surface area contributed by atoms with Crippen molar-refractivity contribution in [3.63, 3.8) is 0 Å². The highest BCUT2D eigenvalue weighted by Gasteiger charge is 2.29. The molecule has 0 radical (unpaired) electrons. The smallest absolute Gasteiger partial charge is 0.381 e. The van der Waals surface area contributed by atoms with Crippen LogP contribution >= 0.6 is 11.6 Å². The minimum atomic E-state index is -4.29. The highest BCUT2D eigenvalue weighted by Crippen LogP contribution is 2.29. The standard InChI is InChI=1S/C15H13ClF3N/c1-10-8-13(16)6-7-14(10)20-9-11-2-4-12(5-3-11)15(17,18)19/h2-8,20H,9H2,1H3. The number of hydrogen-bond acceptors (Lipinski definition) is 1. The molecule has 0 aliphatic carbocycles. The van der Waals surface area contributed by atoms with Crippen LogP contribution in [0.3, 0.4) is 0 Å². The average Bonchev–Trinajstić information content (AvgIpc) is 2.37. The number of nitrogens with one attached hydrogen (secondary N) is 1. The fraction of sp³-hybridized carbons (Fsp3) is 0.200. The van der Waals surface area contributed by atoms with Gasteiger partial charge in [-0.1, -0.05) is 23.7 Å². The van der Waals surface area contributed by atoms with Gasteiger partial charge in [0.1, 0.15) is 0 Å². The lowest BCUT2D eigenvalue weighted by atomic mass is 10.1. The Kier molecular flexibility index (Phi) is 4.23. The monoisotopic (exact) mass is 299 g/mol. The van der Waals surface area contributed by atoms with E-state index in [0.717, 1.165) is 28.9 Å². The molecule has 0 fully saturated rings. The Morgan fingerprint density at radius 3 is 2.25 bits per heavy atom. The maximum atomic E-state index is 12.4. The highest BCUT2D eigenvalue weighted by molar-refractivity contribution is 6.30. The molecule has 0 spiro atoms. The molecule has 106 valence electrons. The van der Waals surface area contributed by atoms with Crippen LogP contribution in [-0.4, -0.2) is 0 Å². The zero-order chi connectivity index (χ0) is 14.8. The molecule has 0 aliphatic rings. The Labute approximate surface area is 120 Å². The first kappa shape index (κ1) is 14.7. The van der Waals surface area contributed by atoms with Crippen LogP contribution in [0.5, 0.6) is 0 Å². The van der Waals surface area contributed by atoms with Gasteiger partial charge in [0.2, 0.25) is 0 Å². The van der Waals surface area contributed by atoms with Crippen molar-refractivity contribution in [2.45, 2.75) is 19.6 Å². The number of anilines is 1. The molecule has 2 rings (SSSR count). The molecule has 0 aromatic heterocycles. The van der Waals surface area contributed by atoms with E-state index in [1.54, 1.807) is 6.07 Å². The number of halogens is 4. The van der Waals surface area contributed by atoms with Gasteiger partial charge in [-0.25, -0.2) is 0 Å². The van der Waals surface area contributed by atoms with Gasteiger partial charge < -0.3 is 5.32 Å². The van der Waals surface area contributed by atoms with Crippen molar-refractivity contribution < 1.29 is 13.2 Å². The molecule has 0 bridgehead atoms. The molecule has 0 atom stereocenters. The predicted octanol–water partition coefficient (Wildman–Crippen LogP) is 5.28. The molecule has 0 amide bonds. The summed E-state index contributed by atoms with van der Waals surface area (Å²) in [5, 5.41) is 3.83. The van der Waals surface area contributed by atoms with Crippen LogP contribution in [0, 0.1) is 6.92 Å². The molecule has 0 heterocycles. The summed E-state index contributed by atoms with van der Waals surface area (Å²) in [5.41, 5.74) is 2.05. The highest BCUT2D eigenvalue weighted by atomic mass is 35.5.